The van der Waals surface area contributed by atoms with Gasteiger partial charge in [0.2, 0.25) is 0 Å². The lowest BCUT2D eigenvalue weighted by Gasteiger charge is -2.29. The summed E-state index contributed by atoms with van der Waals surface area (Å²) < 4.78 is 32.8. The molecule has 2 aromatic heterocycles. The summed E-state index contributed by atoms with van der Waals surface area (Å²) in [5.74, 6) is -0.00827. The third-order valence-corrected chi connectivity index (χ3v) is 8.06. The molecule has 1 aliphatic heterocycles. The Kier molecular flexibility index (Phi) is 7.25. The van der Waals surface area contributed by atoms with E-state index in [-0.39, 0.29) is 11.5 Å². The zero-order valence-corrected chi connectivity index (χ0v) is 21.3. The fraction of sp³-hybridized carbons (Fsp3) is 0.417. The molecule has 7 atom stereocenters. The number of nitrogen functional groups attached to an aromatic ring is 1. The molecule has 0 bridgehead atoms. The average molecular weight is 519 g/mol. The fourth-order valence-corrected chi connectivity index (χ4v) is 5.90. The number of fused-ring (bicyclic) bond motifs is 1. The van der Waals surface area contributed by atoms with Crippen LogP contribution in [0.5, 0.6) is 5.75 Å². The summed E-state index contributed by atoms with van der Waals surface area (Å²) in [4.78, 5) is 16.2. The summed E-state index contributed by atoms with van der Waals surface area (Å²) in [7, 11) is -4.13. The monoisotopic (exact) mass is 518 g/mol. The molecule has 0 radical (unpaired) electrons. The predicted molar refractivity (Wildman–Crippen MR) is 133 cm³/mol. The van der Waals surface area contributed by atoms with E-state index in [2.05, 4.69) is 10.1 Å². The van der Waals surface area contributed by atoms with Crippen molar-refractivity contribution in [1.29, 1.82) is 0 Å². The highest BCUT2D eigenvalue weighted by molar-refractivity contribution is 7.52. The van der Waals surface area contributed by atoms with Gasteiger partial charge in [0.25, 0.3) is 0 Å². The number of para-hydroxylation sites is 1. The van der Waals surface area contributed by atoms with Crippen molar-refractivity contribution in [2.45, 2.75) is 63.9 Å². The number of ketones is 1. The lowest BCUT2D eigenvalue weighted by atomic mass is 9.94. The second-order valence-electron chi connectivity index (χ2n) is 9.16. The average Bonchev–Trinajstić information content (AvgIpc) is 3.33. The SMILES string of the molecule is CC(=O)[C@H](C)NP(=O)(Oc1ccccc1)OC(C)[C@H]1O[C@@H](n2ccc3c(N)ccnc32)[C@](C)(O)[C@@H]1O. The Bertz CT molecular complexity index is 1280. The number of aliphatic hydroxyl groups is 2. The van der Waals surface area contributed by atoms with Crippen molar-refractivity contribution in [3.63, 3.8) is 0 Å². The van der Waals surface area contributed by atoms with E-state index in [1.165, 1.54) is 33.9 Å². The van der Waals surface area contributed by atoms with E-state index >= 15 is 0 Å². The molecule has 0 aliphatic carbocycles. The summed E-state index contributed by atoms with van der Waals surface area (Å²) in [6.45, 7) is 5.86. The van der Waals surface area contributed by atoms with Gasteiger partial charge in [-0.15, -0.1) is 0 Å². The van der Waals surface area contributed by atoms with Crippen LogP contribution in [0.3, 0.4) is 0 Å². The normalized spacial score (nSPS) is 27.4. The number of hydrogen-bond acceptors (Lipinski definition) is 9. The fourth-order valence-electron chi connectivity index (χ4n) is 4.13. The molecule has 0 amide bonds. The summed E-state index contributed by atoms with van der Waals surface area (Å²) >= 11 is 0. The van der Waals surface area contributed by atoms with Crippen molar-refractivity contribution in [3.8, 4) is 5.75 Å². The van der Waals surface area contributed by atoms with E-state index in [0.29, 0.717) is 16.7 Å². The predicted octanol–water partition coefficient (Wildman–Crippen LogP) is 2.79. The Morgan fingerprint density at radius 2 is 1.97 bits per heavy atom. The summed E-state index contributed by atoms with van der Waals surface area (Å²) in [6.07, 6.45) is -1.41. The van der Waals surface area contributed by atoms with E-state index in [1.807, 2.05) is 0 Å². The number of rotatable bonds is 9. The van der Waals surface area contributed by atoms with Crippen LogP contribution in [0.4, 0.5) is 5.69 Å². The van der Waals surface area contributed by atoms with Crippen molar-refractivity contribution >= 4 is 30.3 Å². The first-order valence-electron chi connectivity index (χ1n) is 11.5. The minimum Gasteiger partial charge on any atom is -0.413 e. The third-order valence-electron chi connectivity index (χ3n) is 6.30. The highest BCUT2D eigenvalue weighted by Gasteiger charge is 2.56. The third kappa shape index (κ3) is 5.04. The van der Waals surface area contributed by atoms with Crippen LogP contribution in [0.1, 0.15) is 33.9 Å². The number of anilines is 1. The maximum absolute atomic E-state index is 13.7. The zero-order valence-electron chi connectivity index (χ0n) is 20.4. The molecule has 36 heavy (non-hydrogen) atoms. The highest BCUT2D eigenvalue weighted by atomic mass is 31.2. The molecule has 1 aliphatic rings. The number of carbonyl (C=O) groups is 1. The van der Waals surface area contributed by atoms with Gasteiger partial charge in [-0.1, -0.05) is 18.2 Å². The molecular formula is C24H31N4O7P. The quantitative estimate of drug-likeness (QED) is 0.310. The molecule has 2 unspecified atom stereocenters. The number of pyridine rings is 1. The van der Waals surface area contributed by atoms with Crippen LogP contribution in [0.25, 0.3) is 11.0 Å². The second-order valence-corrected chi connectivity index (χ2v) is 10.8. The number of nitrogens with one attached hydrogen (secondary N) is 1. The number of carbonyl (C=O) groups excluding carboxylic acids is 1. The molecule has 5 N–H and O–H groups in total. The van der Waals surface area contributed by atoms with Gasteiger partial charge in [-0.25, -0.2) is 14.6 Å². The lowest BCUT2D eigenvalue weighted by molar-refractivity contribution is -0.118. The number of ether oxygens (including phenoxy) is 1. The number of nitrogens with zero attached hydrogens (tertiary/aromatic N) is 2. The molecule has 1 aromatic carbocycles. The first-order valence-corrected chi connectivity index (χ1v) is 13.1. The largest absolute Gasteiger partial charge is 0.459 e. The minimum absolute atomic E-state index is 0.261. The number of aliphatic hydroxyl groups excluding tert-OH is 1. The van der Waals surface area contributed by atoms with Gasteiger partial charge in [-0.05, 0) is 52.0 Å². The van der Waals surface area contributed by atoms with Crippen LogP contribution in [0, 0.1) is 0 Å². The molecular weight excluding hydrogens is 487 g/mol. The van der Waals surface area contributed by atoms with Gasteiger partial charge in [0.15, 0.2) is 6.23 Å². The van der Waals surface area contributed by atoms with Crippen molar-refractivity contribution in [2.75, 3.05) is 5.73 Å². The number of aromatic nitrogens is 2. The summed E-state index contributed by atoms with van der Waals surface area (Å²) in [5.41, 5.74) is 5.25. The molecule has 1 saturated heterocycles. The molecule has 12 heteroatoms. The standard InChI is InChI=1S/C24H31N4O7P/c1-14(15(2)29)27-36(32,35-17-8-6-5-7-9-17)34-16(3)20-21(30)24(4,31)23(33-20)28-13-11-18-19(25)10-12-26-22(18)28/h5-14,16,20-21,23,30-31H,1-4H3,(H2,25,26)(H,27,32)/t14-,16?,20+,21+,23+,24+,36?/m0/s1. The van der Waals surface area contributed by atoms with Gasteiger partial charge in [0.1, 0.15) is 35.0 Å². The number of benzene rings is 1. The highest BCUT2D eigenvalue weighted by Crippen LogP contribution is 2.49. The Labute approximate surface area is 208 Å². The van der Waals surface area contributed by atoms with E-state index in [4.69, 9.17) is 19.5 Å². The minimum atomic E-state index is -4.13. The molecule has 4 rings (SSSR count). The van der Waals surface area contributed by atoms with Crippen LogP contribution >= 0.6 is 7.75 Å². The van der Waals surface area contributed by atoms with Gasteiger partial charge in [0.05, 0.1) is 12.1 Å². The van der Waals surface area contributed by atoms with Gasteiger partial charge >= 0.3 is 7.75 Å². The van der Waals surface area contributed by atoms with Crippen molar-refractivity contribution in [3.05, 3.63) is 54.9 Å². The first-order chi connectivity index (χ1) is 16.9. The lowest BCUT2D eigenvalue weighted by Crippen LogP contribution is -2.46. The number of hydrogen-bond donors (Lipinski definition) is 4. The Morgan fingerprint density at radius 1 is 1.28 bits per heavy atom. The van der Waals surface area contributed by atoms with Crippen molar-refractivity contribution < 1.29 is 33.4 Å². The summed E-state index contributed by atoms with van der Waals surface area (Å²) in [6, 6.07) is 10.9. The molecule has 3 heterocycles. The van der Waals surface area contributed by atoms with Crippen molar-refractivity contribution in [2.24, 2.45) is 0 Å². The molecule has 194 valence electrons. The molecule has 3 aromatic rings. The van der Waals surface area contributed by atoms with Crippen LogP contribution in [0.15, 0.2) is 54.9 Å². The zero-order chi connectivity index (χ0) is 26.3. The van der Waals surface area contributed by atoms with Crippen LogP contribution in [-0.2, 0) is 18.6 Å². The second kappa shape index (κ2) is 9.93. The van der Waals surface area contributed by atoms with E-state index in [0.717, 1.165) is 0 Å². The van der Waals surface area contributed by atoms with Gasteiger partial charge in [0, 0.05) is 23.5 Å². The Hall–Kier alpha value is -2.79. The van der Waals surface area contributed by atoms with Crippen LogP contribution in [-0.4, -0.2) is 55.5 Å². The molecule has 0 spiro atoms. The maximum Gasteiger partial charge on any atom is 0.459 e. The van der Waals surface area contributed by atoms with E-state index in [9.17, 15) is 19.6 Å². The Morgan fingerprint density at radius 3 is 2.64 bits per heavy atom. The first kappa shape index (κ1) is 26.3. The maximum atomic E-state index is 13.7. The summed E-state index contributed by atoms with van der Waals surface area (Å²) in [5, 5.41) is 25.5. The topological polar surface area (TPSA) is 158 Å². The molecule has 0 saturated carbocycles. The van der Waals surface area contributed by atoms with Gasteiger partial charge in [-0.2, -0.15) is 0 Å². The smallest absolute Gasteiger partial charge is 0.413 e. The van der Waals surface area contributed by atoms with Gasteiger partial charge in [-0.3, -0.25) is 9.32 Å². The van der Waals surface area contributed by atoms with Crippen LogP contribution in [0.2, 0.25) is 0 Å². The van der Waals surface area contributed by atoms with Gasteiger partial charge < -0.3 is 29.8 Å². The van der Waals surface area contributed by atoms with Crippen LogP contribution < -0.4 is 15.3 Å². The van der Waals surface area contributed by atoms with E-state index in [1.54, 1.807) is 53.2 Å². The number of Topliss-reactive ketones (excluding diaryl/α,β-unsaturated/α-hetero) is 1. The molecule has 11 nitrogen and oxygen atoms in total. The molecule has 1 fully saturated rings. The number of nitrogens with two attached hydrogens (primary N) is 1. The van der Waals surface area contributed by atoms with Crippen molar-refractivity contribution in [1.82, 2.24) is 14.6 Å². The Balaban J connectivity index is 1.60. The van der Waals surface area contributed by atoms with E-state index < -0.39 is 43.9 Å².